The third-order valence-electron chi connectivity index (χ3n) is 4.04. The summed E-state index contributed by atoms with van der Waals surface area (Å²) in [6.07, 6.45) is 4.35. The Morgan fingerprint density at radius 1 is 1.14 bits per heavy atom. The van der Waals surface area contributed by atoms with Gasteiger partial charge in [0, 0.05) is 33.3 Å². The zero-order valence-corrected chi connectivity index (χ0v) is 14.1. The predicted octanol–water partition coefficient (Wildman–Crippen LogP) is 3.29. The maximum Gasteiger partial charge on any atom is 0.120 e. The number of carbonyl (C=O) groups is 1. The van der Waals surface area contributed by atoms with Crippen LogP contribution in [0.2, 0.25) is 0 Å². The van der Waals surface area contributed by atoms with Crippen molar-refractivity contribution >= 4 is 6.29 Å². The summed E-state index contributed by atoms with van der Waals surface area (Å²) in [6, 6.07) is 4.45. The number of hydrogen-bond donors (Lipinski definition) is 0. The number of allylic oxidation sites excluding steroid dienone is 1. The van der Waals surface area contributed by atoms with Gasteiger partial charge in [0.15, 0.2) is 0 Å². The Balaban J connectivity index is 2.81. The van der Waals surface area contributed by atoms with Gasteiger partial charge in [-0.05, 0) is 49.8 Å². The van der Waals surface area contributed by atoms with E-state index in [4.69, 9.17) is 0 Å². The first kappa shape index (κ1) is 17.4. The van der Waals surface area contributed by atoms with Gasteiger partial charge in [0.05, 0.1) is 0 Å². The van der Waals surface area contributed by atoms with Crippen LogP contribution in [-0.4, -0.2) is 37.4 Å². The minimum Gasteiger partial charge on any atom is -0.314 e. The molecule has 0 fully saturated rings. The molecule has 1 rings (SSSR count). The van der Waals surface area contributed by atoms with Gasteiger partial charge < -0.3 is 9.80 Å². The van der Waals surface area contributed by atoms with Gasteiger partial charge in [-0.2, -0.15) is 0 Å². The molecule has 0 amide bonds. The van der Waals surface area contributed by atoms with E-state index in [1.165, 1.54) is 22.3 Å². The summed E-state index contributed by atoms with van der Waals surface area (Å²) in [5, 5.41) is 4.10. The fourth-order valence-electron chi connectivity index (χ4n) is 2.47. The normalized spacial score (nSPS) is 10.8. The van der Waals surface area contributed by atoms with E-state index < -0.39 is 0 Å². The van der Waals surface area contributed by atoms with Crippen LogP contribution >= 0.6 is 0 Å². The van der Waals surface area contributed by atoms with E-state index in [1.54, 1.807) is 0 Å². The molecule has 3 heteroatoms. The molecule has 1 aromatic carbocycles. The summed E-state index contributed by atoms with van der Waals surface area (Å²) in [5.41, 5.74) is 6.36. The predicted molar refractivity (Wildman–Crippen MR) is 89.2 cm³/mol. The molecule has 1 aromatic rings. The number of carbonyl (C=O) groups excluding carboxylic acids is 1. The monoisotopic (exact) mass is 288 g/mol. The van der Waals surface area contributed by atoms with E-state index in [-0.39, 0.29) is 0 Å². The van der Waals surface area contributed by atoms with Crippen LogP contribution in [0.4, 0.5) is 0 Å². The largest absolute Gasteiger partial charge is 0.314 e. The average Bonchev–Trinajstić information content (AvgIpc) is 2.44. The van der Waals surface area contributed by atoms with Crippen LogP contribution in [-0.2, 0) is 17.6 Å². The Kier molecular flexibility index (Phi) is 6.63. The van der Waals surface area contributed by atoms with E-state index in [1.807, 2.05) is 26.2 Å². The number of rotatable bonds is 8. The lowest BCUT2D eigenvalue weighted by molar-refractivity contribution is -0.107. The van der Waals surface area contributed by atoms with Crippen molar-refractivity contribution in [1.29, 1.82) is 0 Å². The number of hydrogen-bond acceptors (Lipinski definition) is 3. The van der Waals surface area contributed by atoms with Crippen LogP contribution in [0.3, 0.4) is 0 Å². The van der Waals surface area contributed by atoms with E-state index in [0.717, 1.165) is 31.2 Å². The Morgan fingerprint density at radius 3 is 2.24 bits per heavy atom. The zero-order valence-electron chi connectivity index (χ0n) is 14.1. The highest BCUT2D eigenvalue weighted by Crippen LogP contribution is 2.21. The topological polar surface area (TPSA) is 23.6 Å². The molecule has 0 radical (unpaired) electrons. The second-order valence-corrected chi connectivity index (χ2v) is 5.85. The molecular weight excluding hydrogens is 260 g/mol. The molecule has 0 saturated heterocycles. The van der Waals surface area contributed by atoms with Crippen molar-refractivity contribution < 1.29 is 4.79 Å². The van der Waals surface area contributed by atoms with Gasteiger partial charge in [0.2, 0.25) is 0 Å². The number of aryl methyl sites for hydroxylation is 3. The molecule has 0 bridgehead atoms. The molecule has 0 heterocycles. The lowest BCUT2D eigenvalue weighted by Crippen LogP contribution is -2.32. The molecule has 0 aliphatic heterocycles. The second-order valence-electron chi connectivity index (χ2n) is 5.85. The van der Waals surface area contributed by atoms with Gasteiger partial charge >= 0.3 is 0 Å². The lowest BCUT2D eigenvalue weighted by atomic mass is 9.93. The minimum atomic E-state index is 0.597. The fraction of sp³-hybridized carbons (Fsp3) is 0.500. The van der Waals surface area contributed by atoms with Gasteiger partial charge in [-0.25, -0.2) is 5.01 Å². The standard InChI is InChI=1S/C18H28N2O/c1-14-12-17(8-7-11-21)16(3)18(13-14)10-9-15(2)20(6)19(4)5/h11-13H,2,7-10H2,1,3-6H3. The third kappa shape index (κ3) is 5.01. The molecule has 0 aromatic heterocycles. The Bertz CT molecular complexity index is 506. The molecule has 0 atom stereocenters. The van der Waals surface area contributed by atoms with Gasteiger partial charge in [0.1, 0.15) is 6.29 Å². The Labute approximate surface area is 129 Å². The first-order chi connectivity index (χ1) is 9.86. The molecule has 0 N–H and O–H groups in total. The highest BCUT2D eigenvalue weighted by atomic mass is 16.1. The molecule has 0 saturated carbocycles. The summed E-state index contributed by atoms with van der Waals surface area (Å²) in [6.45, 7) is 8.43. The van der Waals surface area contributed by atoms with Gasteiger partial charge in [0.25, 0.3) is 0 Å². The fourth-order valence-corrected chi connectivity index (χ4v) is 2.47. The van der Waals surface area contributed by atoms with E-state index in [9.17, 15) is 4.79 Å². The molecule has 3 nitrogen and oxygen atoms in total. The maximum absolute atomic E-state index is 10.6. The molecule has 0 spiro atoms. The molecular formula is C18H28N2O. The average molecular weight is 288 g/mol. The number of benzene rings is 1. The smallest absolute Gasteiger partial charge is 0.120 e. The zero-order chi connectivity index (χ0) is 16.0. The van der Waals surface area contributed by atoms with Crippen LogP contribution < -0.4 is 0 Å². The molecule has 21 heavy (non-hydrogen) atoms. The molecule has 0 aliphatic carbocycles. The van der Waals surface area contributed by atoms with Crippen molar-refractivity contribution in [2.45, 2.75) is 39.5 Å². The van der Waals surface area contributed by atoms with Gasteiger partial charge in [-0.1, -0.05) is 24.3 Å². The van der Waals surface area contributed by atoms with E-state index in [2.05, 4.69) is 37.6 Å². The second kappa shape index (κ2) is 7.99. The summed E-state index contributed by atoms with van der Waals surface area (Å²) in [7, 11) is 6.06. The van der Waals surface area contributed by atoms with Gasteiger partial charge in [-0.3, -0.25) is 0 Å². The van der Waals surface area contributed by atoms with Crippen LogP contribution in [0.25, 0.3) is 0 Å². The SMILES string of the molecule is C=C(CCc1cc(C)cc(CCC=O)c1C)N(C)N(C)C. The van der Waals surface area contributed by atoms with Crippen LogP contribution in [0.5, 0.6) is 0 Å². The summed E-state index contributed by atoms with van der Waals surface area (Å²) < 4.78 is 0. The summed E-state index contributed by atoms with van der Waals surface area (Å²) >= 11 is 0. The number of nitrogens with zero attached hydrogens (tertiary/aromatic N) is 2. The van der Waals surface area contributed by atoms with Gasteiger partial charge in [-0.15, -0.1) is 0 Å². The Morgan fingerprint density at radius 2 is 1.71 bits per heavy atom. The number of hydrazine groups is 1. The third-order valence-corrected chi connectivity index (χ3v) is 4.04. The molecule has 116 valence electrons. The summed E-state index contributed by atoms with van der Waals surface area (Å²) in [5.74, 6) is 0. The van der Waals surface area contributed by atoms with Crippen LogP contribution in [0.1, 0.15) is 35.1 Å². The summed E-state index contributed by atoms with van der Waals surface area (Å²) in [4.78, 5) is 10.6. The van der Waals surface area contributed by atoms with Crippen molar-refractivity contribution in [1.82, 2.24) is 10.0 Å². The highest BCUT2D eigenvalue weighted by Gasteiger charge is 2.09. The van der Waals surface area contributed by atoms with E-state index in [0.29, 0.717) is 6.42 Å². The first-order valence-corrected chi connectivity index (χ1v) is 7.48. The van der Waals surface area contributed by atoms with Crippen LogP contribution in [0, 0.1) is 13.8 Å². The Hall–Kier alpha value is -1.61. The molecule has 0 unspecified atom stereocenters. The first-order valence-electron chi connectivity index (χ1n) is 7.48. The lowest BCUT2D eigenvalue weighted by Gasteiger charge is -2.28. The van der Waals surface area contributed by atoms with Crippen molar-refractivity contribution in [3.63, 3.8) is 0 Å². The molecule has 0 aliphatic rings. The highest BCUT2D eigenvalue weighted by molar-refractivity contribution is 5.51. The van der Waals surface area contributed by atoms with E-state index >= 15 is 0 Å². The van der Waals surface area contributed by atoms with Crippen molar-refractivity contribution in [3.05, 3.63) is 46.7 Å². The number of aldehydes is 1. The van der Waals surface area contributed by atoms with Crippen molar-refractivity contribution in [2.24, 2.45) is 0 Å². The quantitative estimate of drug-likeness (QED) is 0.542. The van der Waals surface area contributed by atoms with Crippen LogP contribution in [0.15, 0.2) is 24.4 Å². The van der Waals surface area contributed by atoms with Crippen molar-refractivity contribution in [2.75, 3.05) is 21.1 Å². The van der Waals surface area contributed by atoms with Crippen molar-refractivity contribution in [3.8, 4) is 0 Å². The minimum absolute atomic E-state index is 0.597. The maximum atomic E-state index is 10.6.